The van der Waals surface area contributed by atoms with Gasteiger partial charge >= 0.3 is 5.97 Å². The Bertz CT molecular complexity index is 888. The molecule has 0 saturated carbocycles. The van der Waals surface area contributed by atoms with Crippen LogP contribution in [0.25, 0.3) is 0 Å². The van der Waals surface area contributed by atoms with Crippen LogP contribution in [0.4, 0.5) is 0 Å². The van der Waals surface area contributed by atoms with Gasteiger partial charge in [0.05, 0.1) is 29.2 Å². The zero-order valence-electron chi connectivity index (χ0n) is 20.7. The Kier molecular flexibility index (Phi) is 7.21. The largest absolute Gasteiger partial charge is 0.461 e. The second kappa shape index (κ2) is 9.69. The Morgan fingerprint density at radius 1 is 1.15 bits per heavy atom. The van der Waals surface area contributed by atoms with E-state index in [2.05, 4.69) is 6.92 Å². The topological polar surface area (TPSA) is 87.2 Å². The lowest BCUT2D eigenvalue weighted by atomic mass is 9.75. The SMILES string of the molecule is CCCCCN1CC=C[C@]23S[C@@]4(C)C=CCOC(=O)[C@H]4[C@H]2C(=O)N([C@@H](CO)CC(C)C)C3C1=O. The van der Waals surface area contributed by atoms with Crippen molar-refractivity contribution in [1.29, 1.82) is 0 Å². The molecule has 7 nitrogen and oxygen atoms in total. The molecule has 4 rings (SSSR count). The first-order valence-electron chi connectivity index (χ1n) is 12.6. The lowest BCUT2D eigenvalue weighted by Crippen LogP contribution is -2.57. The average molecular weight is 491 g/mol. The second-order valence-corrected chi connectivity index (χ2v) is 12.4. The average Bonchev–Trinajstić information content (AvgIpc) is 3.05. The van der Waals surface area contributed by atoms with Gasteiger partial charge in [-0.2, -0.15) is 0 Å². The number of aliphatic hydroxyl groups is 1. The first-order valence-corrected chi connectivity index (χ1v) is 13.5. The van der Waals surface area contributed by atoms with Crippen molar-refractivity contribution in [3.05, 3.63) is 24.3 Å². The quantitative estimate of drug-likeness (QED) is 0.320. The Hall–Kier alpha value is -1.80. The molecule has 4 aliphatic rings. The van der Waals surface area contributed by atoms with Crippen LogP contribution in [-0.2, 0) is 19.1 Å². The third-order valence-electron chi connectivity index (χ3n) is 7.71. The molecule has 2 saturated heterocycles. The van der Waals surface area contributed by atoms with Crippen LogP contribution in [-0.4, -0.2) is 80.6 Å². The van der Waals surface area contributed by atoms with Crippen molar-refractivity contribution in [2.45, 2.75) is 75.0 Å². The molecule has 1 N–H and O–H groups in total. The minimum atomic E-state index is -0.877. The van der Waals surface area contributed by atoms with Crippen LogP contribution in [0.15, 0.2) is 24.3 Å². The highest BCUT2D eigenvalue weighted by Crippen LogP contribution is 2.65. The van der Waals surface area contributed by atoms with E-state index in [-0.39, 0.29) is 36.9 Å². The summed E-state index contributed by atoms with van der Waals surface area (Å²) in [6, 6.07) is -1.23. The lowest BCUT2D eigenvalue weighted by molar-refractivity contribution is -0.153. The van der Waals surface area contributed by atoms with E-state index >= 15 is 0 Å². The van der Waals surface area contributed by atoms with Crippen molar-refractivity contribution < 1.29 is 24.2 Å². The number of carbonyl (C=O) groups is 3. The van der Waals surface area contributed by atoms with Crippen molar-refractivity contribution in [2.24, 2.45) is 17.8 Å². The summed E-state index contributed by atoms with van der Waals surface area (Å²) in [6.07, 6.45) is 11.4. The molecule has 34 heavy (non-hydrogen) atoms. The Balaban J connectivity index is 1.82. The summed E-state index contributed by atoms with van der Waals surface area (Å²) in [6.45, 7) is 9.31. The highest BCUT2D eigenvalue weighted by molar-refractivity contribution is 8.02. The maximum atomic E-state index is 14.2. The van der Waals surface area contributed by atoms with Crippen LogP contribution >= 0.6 is 11.8 Å². The van der Waals surface area contributed by atoms with Gasteiger partial charge in [0.2, 0.25) is 11.8 Å². The molecule has 4 aliphatic heterocycles. The van der Waals surface area contributed by atoms with Crippen LogP contribution < -0.4 is 0 Å². The van der Waals surface area contributed by atoms with Gasteiger partial charge in [0.15, 0.2) is 0 Å². The number of ether oxygens (including phenoxy) is 1. The predicted molar refractivity (Wildman–Crippen MR) is 132 cm³/mol. The zero-order chi connectivity index (χ0) is 24.7. The number of rotatable bonds is 8. The van der Waals surface area contributed by atoms with Gasteiger partial charge in [-0.15, -0.1) is 11.8 Å². The normalized spacial score (nSPS) is 35.7. The summed E-state index contributed by atoms with van der Waals surface area (Å²) in [5.74, 6) is -1.83. The van der Waals surface area contributed by atoms with Crippen molar-refractivity contribution in [3.8, 4) is 0 Å². The Morgan fingerprint density at radius 3 is 2.59 bits per heavy atom. The van der Waals surface area contributed by atoms with E-state index in [1.165, 1.54) is 0 Å². The molecule has 1 unspecified atom stereocenters. The van der Waals surface area contributed by atoms with E-state index in [1.807, 2.05) is 50.0 Å². The minimum Gasteiger partial charge on any atom is -0.461 e. The minimum absolute atomic E-state index is 0.0796. The maximum absolute atomic E-state index is 14.2. The number of hydrogen-bond donors (Lipinski definition) is 1. The fourth-order valence-electron chi connectivity index (χ4n) is 6.31. The van der Waals surface area contributed by atoms with Gasteiger partial charge in [-0.3, -0.25) is 14.4 Å². The molecule has 188 valence electrons. The molecular formula is C26H38N2O5S. The number of hydrogen-bond acceptors (Lipinski definition) is 6. The van der Waals surface area contributed by atoms with E-state index in [1.54, 1.807) is 16.7 Å². The third kappa shape index (κ3) is 4.00. The van der Waals surface area contributed by atoms with Crippen molar-refractivity contribution >= 4 is 29.5 Å². The molecule has 0 aromatic rings. The number of amides is 2. The number of unbranched alkanes of at least 4 members (excludes halogenated alkanes) is 2. The summed E-state index contributed by atoms with van der Waals surface area (Å²) in [4.78, 5) is 45.0. The standard InChI is InChI=1S/C26H38N2O5S/c1-5-6-7-12-27-13-8-11-26-19(20-24(32)33-14-9-10-25(20,4)34-26)22(30)28(21(26)23(27)31)18(16-29)15-17(2)3/h8-11,17-21,29H,5-7,12-16H2,1-4H3/t18-,19+,20-,21?,25+,26+/m1/s1. The molecule has 2 amide bonds. The molecule has 0 radical (unpaired) electrons. The van der Waals surface area contributed by atoms with Crippen molar-refractivity contribution in [3.63, 3.8) is 0 Å². The van der Waals surface area contributed by atoms with Crippen LogP contribution in [0.2, 0.25) is 0 Å². The third-order valence-corrected chi connectivity index (χ3v) is 9.51. The van der Waals surface area contributed by atoms with Gasteiger partial charge in [0.1, 0.15) is 12.6 Å². The summed E-state index contributed by atoms with van der Waals surface area (Å²) >= 11 is 1.55. The number of cyclic esters (lactones) is 1. The number of carbonyl (C=O) groups excluding carboxylic acids is 3. The molecule has 0 bridgehead atoms. The zero-order valence-corrected chi connectivity index (χ0v) is 21.6. The van der Waals surface area contributed by atoms with E-state index in [0.717, 1.165) is 19.3 Å². The van der Waals surface area contributed by atoms with Gasteiger partial charge < -0.3 is 19.6 Å². The van der Waals surface area contributed by atoms with E-state index < -0.39 is 33.4 Å². The lowest BCUT2D eigenvalue weighted by Gasteiger charge is -2.40. The van der Waals surface area contributed by atoms with Gasteiger partial charge in [-0.25, -0.2) is 0 Å². The number of likely N-dealkylation sites (tertiary alicyclic amines) is 1. The fourth-order valence-corrected chi connectivity index (χ4v) is 8.45. The van der Waals surface area contributed by atoms with Crippen LogP contribution in [0.3, 0.4) is 0 Å². The van der Waals surface area contributed by atoms with Gasteiger partial charge in [0.25, 0.3) is 0 Å². The van der Waals surface area contributed by atoms with Crippen LogP contribution in [0.1, 0.15) is 53.4 Å². The Morgan fingerprint density at radius 2 is 1.91 bits per heavy atom. The monoisotopic (exact) mass is 490 g/mol. The van der Waals surface area contributed by atoms with Crippen molar-refractivity contribution in [1.82, 2.24) is 9.80 Å². The summed E-state index contributed by atoms with van der Waals surface area (Å²) in [7, 11) is 0. The molecule has 1 spiro atoms. The number of aliphatic hydroxyl groups excluding tert-OH is 1. The summed E-state index contributed by atoms with van der Waals surface area (Å²) in [5, 5.41) is 10.3. The number of thioether (sulfide) groups is 1. The number of esters is 1. The molecule has 8 heteroatoms. The predicted octanol–water partition coefficient (Wildman–Crippen LogP) is 2.78. The highest BCUT2D eigenvalue weighted by atomic mass is 32.2. The van der Waals surface area contributed by atoms with E-state index in [0.29, 0.717) is 19.5 Å². The smallest absolute Gasteiger partial charge is 0.311 e. The molecule has 0 aromatic carbocycles. The molecule has 0 aromatic heterocycles. The Labute approximate surface area is 206 Å². The molecule has 0 aliphatic carbocycles. The van der Waals surface area contributed by atoms with Gasteiger partial charge in [0, 0.05) is 17.8 Å². The number of nitrogens with zero attached hydrogens (tertiary/aromatic N) is 2. The first-order chi connectivity index (χ1) is 16.2. The van der Waals surface area contributed by atoms with Crippen molar-refractivity contribution in [2.75, 3.05) is 26.3 Å². The number of fused-ring (bicyclic) bond motifs is 2. The second-order valence-electron chi connectivity index (χ2n) is 10.6. The first kappa shape index (κ1) is 25.3. The molecular weight excluding hydrogens is 452 g/mol. The summed E-state index contributed by atoms with van der Waals surface area (Å²) in [5.41, 5.74) is 0. The molecule has 6 atom stereocenters. The van der Waals surface area contributed by atoms with Crippen LogP contribution in [0, 0.1) is 17.8 Å². The van der Waals surface area contributed by atoms with Crippen LogP contribution in [0.5, 0.6) is 0 Å². The maximum Gasteiger partial charge on any atom is 0.311 e. The van der Waals surface area contributed by atoms with E-state index in [4.69, 9.17) is 4.74 Å². The van der Waals surface area contributed by atoms with E-state index in [9.17, 15) is 19.5 Å². The highest BCUT2D eigenvalue weighted by Gasteiger charge is 2.74. The fraction of sp³-hybridized carbons (Fsp3) is 0.731. The van der Waals surface area contributed by atoms with Gasteiger partial charge in [-0.1, -0.05) is 51.8 Å². The summed E-state index contributed by atoms with van der Waals surface area (Å²) < 4.78 is 3.94. The molecule has 2 fully saturated rings. The van der Waals surface area contributed by atoms with Gasteiger partial charge in [-0.05, 0) is 31.8 Å². The molecule has 4 heterocycles.